The number of nitrogens with zero attached hydrogens (tertiary/aromatic N) is 5. The third-order valence-electron chi connectivity index (χ3n) is 12.2. The van der Waals surface area contributed by atoms with E-state index in [-0.39, 0.29) is 11.9 Å². The number of hydrogen-bond donors (Lipinski definition) is 1. The Labute approximate surface area is 314 Å². The fraction of sp³-hybridized carbons (Fsp3) is 0.419. The third kappa shape index (κ3) is 6.24. The molecule has 5 aromatic rings. The Morgan fingerprint density at radius 2 is 1.72 bits per heavy atom. The van der Waals surface area contributed by atoms with Gasteiger partial charge in [0, 0.05) is 41.6 Å². The van der Waals surface area contributed by atoms with Crippen molar-refractivity contribution in [1.82, 2.24) is 19.8 Å². The van der Waals surface area contributed by atoms with Gasteiger partial charge in [0.05, 0.1) is 29.8 Å². The van der Waals surface area contributed by atoms with Crippen molar-refractivity contribution in [3.05, 3.63) is 81.4 Å². The molecule has 3 fully saturated rings. The highest BCUT2D eigenvalue weighted by atomic mass is 32.1. The summed E-state index contributed by atoms with van der Waals surface area (Å²) in [7, 11) is 0. The van der Waals surface area contributed by atoms with E-state index in [1.54, 1.807) is 11.3 Å². The zero-order valence-corrected chi connectivity index (χ0v) is 31.7. The van der Waals surface area contributed by atoms with Gasteiger partial charge in [0.25, 0.3) is 0 Å². The average Bonchev–Trinajstić information content (AvgIpc) is 3.95. The summed E-state index contributed by atoms with van der Waals surface area (Å²) in [5.74, 6) is 0.685. The topological polar surface area (TPSA) is 124 Å². The van der Waals surface area contributed by atoms with Crippen LogP contribution in [0.3, 0.4) is 0 Å². The number of carbonyl (C=O) groups is 2. The lowest BCUT2D eigenvalue weighted by Crippen LogP contribution is -2.40. The lowest BCUT2D eigenvalue weighted by molar-refractivity contribution is -0.151. The Kier molecular flexibility index (Phi) is 9.20. The van der Waals surface area contributed by atoms with Gasteiger partial charge in [0.2, 0.25) is 11.8 Å². The molecular weight excluding hydrogens is 683 g/mol. The van der Waals surface area contributed by atoms with Gasteiger partial charge < -0.3 is 14.4 Å². The molecule has 9 rings (SSSR count). The molecule has 2 saturated heterocycles. The van der Waals surface area contributed by atoms with E-state index in [1.807, 2.05) is 29.2 Å². The molecule has 3 aliphatic heterocycles. The lowest BCUT2D eigenvalue weighted by Gasteiger charge is -2.33. The molecule has 1 amide bonds. The fourth-order valence-electron chi connectivity index (χ4n) is 8.84. The van der Waals surface area contributed by atoms with Gasteiger partial charge in [-0.05, 0) is 91.5 Å². The van der Waals surface area contributed by atoms with Crippen molar-refractivity contribution in [1.29, 1.82) is 5.26 Å². The van der Waals surface area contributed by atoms with Crippen molar-refractivity contribution in [2.24, 2.45) is 11.3 Å². The molecular formula is C43H45N5O4S. The number of carbonyl (C=O) groups excluding carboxylic acids is 1. The smallest absolute Gasteiger partial charge is 0.311 e. The van der Waals surface area contributed by atoms with Gasteiger partial charge in [0.15, 0.2) is 5.58 Å². The number of carboxylic acids is 1. The first-order valence-corrected chi connectivity index (χ1v) is 19.7. The highest BCUT2D eigenvalue weighted by Crippen LogP contribution is 2.52. The number of aromatic nitrogens is 2. The van der Waals surface area contributed by atoms with Crippen LogP contribution in [0.5, 0.6) is 0 Å². The molecule has 2 bridgehead atoms. The van der Waals surface area contributed by atoms with Crippen molar-refractivity contribution < 1.29 is 19.1 Å². The molecule has 0 spiro atoms. The van der Waals surface area contributed by atoms with Crippen molar-refractivity contribution in [3.8, 4) is 39.2 Å². The summed E-state index contributed by atoms with van der Waals surface area (Å²) in [6.45, 7) is 11.0. The first kappa shape index (κ1) is 35.2. The van der Waals surface area contributed by atoms with Crippen LogP contribution in [-0.4, -0.2) is 49.3 Å². The Morgan fingerprint density at radius 1 is 1.02 bits per heavy atom. The van der Waals surface area contributed by atoms with Gasteiger partial charge in [-0.15, -0.1) is 11.3 Å². The van der Waals surface area contributed by atoms with Crippen molar-refractivity contribution in [3.63, 3.8) is 0 Å². The average molecular weight is 728 g/mol. The summed E-state index contributed by atoms with van der Waals surface area (Å²) in [6, 6.07) is 18.9. The molecule has 0 atom stereocenters. The zero-order chi connectivity index (χ0) is 37.0. The second-order valence-corrected chi connectivity index (χ2v) is 16.4. The van der Waals surface area contributed by atoms with E-state index in [4.69, 9.17) is 14.4 Å². The molecule has 0 unspecified atom stereocenters. The second-order valence-electron chi connectivity index (χ2n) is 15.3. The molecule has 9 nitrogen and oxygen atoms in total. The van der Waals surface area contributed by atoms with E-state index in [0.29, 0.717) is 73.9 Å². The van der Waals surface area contributed by atoms with E-state index in [9.17, 15) is 20.0 Å². The molecule has 1 aliphatic carbocycles. The van der Waals surface area contributed by atoms with Crippen LogP contribution in [0.15, 0.2) is 52.9 Å². The molecule has 4 aliphatic rings. The Bertz CT molecular complexity index is 2270. The Hall–Kier alpha value is -4.85. The summed E-state index contributed by atoms with van der Waals surface area (Å²) < 4.78 is 6.31. The predicted octanol–water partition coefficient (Wildman–Crippen LogP) is 9.27. The quantitative estimate of drug-likeness (QED) is 0.135. The van der Waals surface area contributed by atoms with Crippen LogP contribution >= 0.6 is 11.3 Å². The Morgan fingerprint density at radius 3 is 2.38 bits per heavy atom. The van der Waals surface area contributed by atoms with Crippen LogP contribution in [0.4, 0.5) is 0 Å². The first-order chi connectivity index (χ1) is 25.6. The summed E-state index contributed by atoms with van der Waals surface area (Å²) in [6.07, 6.45) is 6.40. The molecule has 5 heterocycles. The largest absolute Gasteiger partial charge is 0.481 e. The number of nitriles is 1. The van der Waals surface area contributed by atoms with Crippen LogP contribution in [0.2, 0.25) is 0 Å². The minimum Gasteiger partial charge on any atom is -0.481 e. The predicted molar refractivity (Wildman–Crippen MR) is 206 cm³/mol. The maximum absolute atomic E-state index is 13.0. The zero-order valence-electron chi connectivity index (χ0n) is 30.9. The van der Waals surface area contributed by atoms with Crippen LogP contribution in [0.25, 0.3) is 44.3 Å². The number of carboxylic acid groups (broad SMARTS) is 1. The second kappa shape index (κ2) is 13.9. The van der Waals surface area contributed by atoms with E-state index in [0.717, 1.165) is 62.5 Å². The number of benzene rings is 3. The monoisotopic (exact) mass is 727 g/mol. The Balaban J connectivity index is 1.02. The van der Waals surface area contributed by atoms with Crippen LogP contribution in [0, 0.1) is 36.5 Å². The minimum absolute atomic E-state index is 0.230. The van der Waals surface area contributed by atoms with Crippen LogP contribution < -0.4 is 0 Å². The summed E-state index contributed by atoms with van der Waals surface area (Å²) in [5, 5.41) is 20.7. The lowest BCUT2D eigenvalue weighted by atomic mass is 9.70. The van der Waals surface area contributed by atoms with Gasteiger partial charge in [-0.25, -0.2) is 9.97 Å². The van der Waals surface area contributed by atoms with Crippen molar-refractivity contribution in [2.45, 2.75) is 98.3 Å². The van der Waals surface area contributed by atoms with E-state index >= 15 is 0 Å². The summed E-state index contributed by atoms with van der Waals surface area (Å²) in [4.78, 5) is 40.1. The van der Waals surface area contributed by atoms with Crippen LogP contribution in [0.1, 0.15) is 91.6 Å². The number of fused-ring (bicyclic) bond motifs is 3. The number of hydrogen-bond acceptors (Lipinski definition) is 8. The SMILES string of the molecule is CCC(CC)CCCC(=O)N1Cc2nc(-c3cccc(-c4cccc(-c5nc6cc(CN7CC8(C(=O)O)CC7C8)cc(C#N)c6o5)c4C)c3C)sc2C1. The number of thiazole rings is 1. The number of rotatable bonds is 12. The third-order valence-corrected chi connectivity index (χ3v) is 13.3. The molecule has 1 saturated carbocycles. The van der Waals surface area contributed by atoms with Crippen LogP contribution in [-0.2, 0) is 29.2 Å². The molecule has 10 heteroatoms. The number of aliphatic carboxylic acids is 1. The van der Waals surface area contributed by atoms with E-state index in [1.165, 1.54) is 17.7 Å². The van der Waals surface area contributed by atoms with Gasteiger partial charge >= 0.3 is 5.97 Å². The molecule has 53 heavy (non-hydrogen) atoms. The van der Waals surface area contributed by atoms with E-state index < -0.39 is 11.4 Å². The molecule has 0 radical (unpaired) electrons. The van der Waals surface area contributed by atoms with Gasteiger partial charge in [-0.1, -0.05) is 57.0 Å². The normalized spacial score (nSPS) is 19.2. The molecule has 2 aromatic heterocycles. The maximum atomic E-state index is 13.0. The molecule has 272 valence electrons. The highest BCUT2D eigenvalue weighted by Gasteiger charge is 2.59. The first-order valence-electron chi connectivity index (χ1n) is 18.9. The molecule has 1 N–H and O–H groups in total. The van der Waals surface area contributed by atoms with Crippen molar-refractivity contribution in [2.75, 3.05) is 6.54 Å². The van der Waals surface area contributed by atoms with E-state index in [2.05, 4.69) is 62.9 Å². The number of amides is 1. The van der Waals surface area contributed by atoms with Crippen molar-refractivity contribution >= 4 is 34.3 Å². The number of oxazole rings is 1. The summed E-state index contributed by atoms with van der Waals surface area (Å²) in [5.41, 5.74) is 9.10. The molecule has 3 aromatic carbocycles. The van der Waals surface area contributed by atoms with Gasteiger partial charge in [-0.3, -0.25) is 14.5 Å². The standard InChI is InChI=1S/C43H45N5O4S/c1-5-27(6-2)10-7-15-38(49)47-22-36-37(23-47)53-41(46-36)34-14-9-12-32(26(34)4)31-11-8-13-33(25(31)3)40-45-35-17-28(16-29(20-44)39(35)52-40)21-48-24-43(42(50)51)18-30(48)19-43/h8-9,11-14,16-17,27,30H,5-7,10,15,18-19,21-24H2,1-4H3,(H,50,51). The fourth-order valence-corrected chi connectivity index (χ4v) is 10.0. The minimum atomic E-state index is -0.712. The summed E-state index contributed by atoms with van der Waals surface area (Å²) >= 11 is 1.69. The highest BCUT2D eigenvalue weighted by molar-refractivity contribution is 7.15. The maximum Gasteiger partial charge on any atom is 0.311 e. The van der Waals surface area contributed by atoms with Gasteiger partial charge in [-0.2, -0.15) is 5.26 Å². The van der Waals surface area contributed by atoms with Gasteiger partial charge in [0.1, 0.15) is 16.6 Å².